The van der Waals surface area contributed by atoms with Gasteiger partial charge in [-0.05, 0) is 63.4 Å². The van der Waals surface area contributed by atoms with Crippen molar-refractivity contribution in [2.45, 2.75) is 40.2 Å². The molecule has 2 aromatic heterocycles. The Kier molecular flexibility index (Phi) is 5.29. The van der Waals surface area contributed by atoms with Gasteiger partial charge in [0.15, 0.2) is 16.4 Å². The molecule has 7 nitrogen and oxygen atoms in total. The highest BCUT2D eigenvalue weighted by molar-refractivity contribution is 7.91. The van der Waals surface area contributed by atoms with E-state index < -0.39 is 15.8 Å². The van der Waals surface area contributed by atoms with Gasteiger partial charge < -0.3 is 14.3 Å². The van der Waals surface area contributed by atoms with Gasteiger partial charge >= 0.3 is 5.97 Å². The molecule has 3 aromatic rings. The van der Waals surface area contributed by atoms with Gasteiger partial charge in [-0.15, -0.1) is 0 Å². The molecule has 8 heteroatoms. The molecule has 1 N–H and O–H groups in total. The van der Waals surface area contributed by atoms with E-state index in [1.165, 1.54) is 0 Å². The number of ketones is 1. The number of nitrogens with one attached hydrogen (secondary N) is 1. The number of esters is 1. The number of carbonyl (C=O) groups excluding carboxylic acids is 2. The van der Waals surface area contributed by atoms with E-state index in [9.17, 15) is 18.0 Å². The molecule has 0 radical (unpaired) electrons. The van der Waals surface area contributed by atoms with E-state index in [0.29, 0.717) is 23.4 Å². The Bertz CT molecular complexity index is 1310. The number of aryl methyl sites for hydroxylation is 3. The topological polar surface area (TPSA) is 98.2 Å². The summed E-state index contributed by atoms with van der Waals surface area (Å²) in [5.74, 6) is -0.640. The van der Waals surface area contributed by atoms with Crippen molar-refractivity contribution in [3.05, 3.63) is 58.0 Å². The first kappa shape index (κ1) is 21.4. The number of ether oxygens (including phenoxy) is 1. The summed E-state index contributed by atoms with van der Waals surface area (Å²) in [6.07, 6.45) is 0.542. The molecule has 0 saturated carbocycles. The highest BCUT2D eigenvalue weighted by Crippen LogP contribution is 2.29. The Morgan fingerprint density at radius 1 is 1.13 bits per heavy atom. The number of aromatic nitrogens is 2. The van der Waals surface area contributed by atoms with Crippen molar-refractivity contribution in [1.29, 1.82) is 0 Å². The highest BCUT2D eigenvalue weighted by atomic mass is 32.2. The van der Waals surface area contributed by atoms with E-state index in [1.807, 2.05) is 37.5 Å². The summed E-state index contributed by atoms with van der Waals surface area (Å²) in [4.78, 5) is 28.3. The third kappa shape index (κ3) is 4.04. The second-order valence-corrected chi connectivity index (χ2v) is 10.7. The second kappa shape index (κ2) is 7.67. The van der Waals surface area contributed by atoms with Crippen molar-refractivity contribution >= 4 is 32.5 Å². The molecule has 1 saturated heterocycles. The number of benzene rings is 1. The fourth-order valence-corrected chi connectivity index (χ4v) is 6.30. The summed E-state index contributed by atoms with van der Waals surface area (Å²) < 4.78 is 30.9. The first-order chi connectivity index (χ1) is 14.6. The van der Waals surface area contributed by atoms with Gasteiger partial charge in [0.25, 0.3) is 0 Å². The zero-order valence-electron chi connectivity index (χ0n) is 18.1. The van der Waals surface area contributed by atoms with Crippen LogP contribution in [0.4, 0.5) is 0 Å². The predicted octanol–water partition coefficient (Wildman–Crippen LogP) is 3.60. The number of Topliss-reactive ketones (excluding diaryl/α,β-unsaturated/α-hetero) is 1. The normalized spacial score (nSPS) is 17.9. The number of nitrogens with zero attached hydrogens (tertiary/aromatic N) is 1. The van der Waals surface area contributed by atoms with Crippen molar-refractivity contribution in [2.75, 3.05) is 18.1 Å². The molecular weight excluding hydrogens is 416 g/mol. The monoisotopic (exact) mass is 442 g/mol. The standard InChI is InChI=1S/C23H26N2O5S/c1-13-7-14(2)18-10-21(24-20(18)8-13)23(27)30-11-22(26)19-9-15(3)25(16(19)4)17-5-6-31(28,29)12-17/h7-10,17,24H,5-6,11-12H2,1-4H3. The molecule has 1 unspecified atom stereocenters. The molecule has 0 bridgehead atoms. The van der Waals surface area contributed by atoms with E-state index in [0.717, 1.165) is 27.7 Å². The smallest absolute Gasteiger partial charge is 0.355 e. The molecule has 164 valence electrons. The summed E-state index contributed by atoms with van der Waals surface area (Å²) in [6, 6.07) is 7.32. The average Bonchev–Trinajstić information content (AvgIpc) is 3.34. The molecule has 31 heavy (non-hydrogen) atoms. The third-order valence-corrected chi connectivity index (χ3v) is 7.75. The lowest BCUT2D eigenvalue weighted by molar-refractivity contribution is 0.0469. The zero-order chi connectivity index (χ0) is 22.5. The first-order valence-electron chi connectivity index (χ1n) is 10.2. The molecule has 1 fully saturated rings. The van der Waals surface area contributed by atoms with Crippen LogP contribution < -0.4 is 0 Å². The minimum Gasteiger partial charge on any atom is -0.453 e. The van der Waals surface area contributed by atoms with E-state index in [2.05, 4.69) is 4.98 Å². The van der Waals surface area contributed by atoms with Crippen molar-refractivity contribution in [1.82, 2.24) is 9.55 Å². The summed E-state index contributed by atoms with van der Waals surface area (Å²) in [5.41, 5.74) is 5.30. The van der Waals surface area contributed by atoms with Gasteiger partial charge in [0.1, 0.15) is 5.69 Å². The number of H-pyrrole nitrogens is 1. The third-order valence-electron chi connectivity index (χ3n) is 6.00. The second-order valence-electron chi connectivity index (χ2n) is 8.44. The van der Waals surface area contributed by atoms with E-state index in [1.54, 1.807) is 19.1 Å². The molecule has 0 spiro atoms. The average molecular weight is 443 g/mol. The number of rotatable bonds is 5. The molecule has 1 aliphatic rings. The molecule has 3 heterocycles. The SMILES string of the molecule is Cc1cc(C)c2cc(C(=O)OCC(=O)c3cc(C)n(C4CCS(=O)(=O)C4)c3C)[nH]c2c1. The minimum absolute atomic E-state index is 0.0885. The van der Waals surface area contributed by atoms with E-state index in [4.69, 9.17) is 4.74 Å². The summed E-state index contributed by atoms with van der Waals surface area (Å²) in [7, 11) is -3.04. The van der Waals surface area contributed by atoms with Crippen LogP contribution in [0.5, 0.6) is 0 Å². The summed E-state index contributed by atoms with van der Waals surface area (Å²) in [6.45, 7) is 7.25. The Hall–Kier alpha value is -2.87. The maximum Gasteiger partial charge on any atom is 0.355 e. The maximum absolute atomic E-state index is 12.8. The van der Waals surface area contributed by atoms with Crippen LogP contribution in [0, 0.1) is 27.7 Å². The highest BCUT2D eigenvalue weighted by Gasteiger charge is 2.31. The molecular formula is C23H26N2O5S. The molecule has 1 atom stereocenters. The van der Waals surface area contributed by atoms with Crippen LogP contribution in [0.1, 0.15) is 55.8 Å². The van der Waals surface area contributed by atoms with Crippen LogP contribution in [0.25, 0.3) is 10.9 Å². The zero-order valence-corrected chi connectivity index (χ0v) is 18.9. The van der Waals surface area contributed by atoms with Crippen LogP contribution in [-0.2, 0) is 14.6 Å². The first-order valence-corrected chi connectivity index (χ1v) is 12.1. The van der Waals surface area contributed by atoms with Gasteiger partial charge in [-0.1, -0.05) is 6.07 Å². The fraction of sp³-hybridized carbons (Fsp3) is 0.391. The van der Waals surface area contributed by atoms with Gasteiger partial charge in [-0.2, -0.15) is 0 Å². The summed E-state index contributed by atoms with van der Waals surface area (Å²) >= 11 is 0. The predicted molar refractivity (Wildman–Crippen MR) is 119 cm³/mol. The lowest BCUT2D eigenvalue weighted by Gasteiger charge is -2.16. The number of carbonyl (C=O) groups is 2. The Morgan fingerprint density at radius 3 is 2.55 bits per heavy atom. The molecule has 0 amide bonds. The fourth-order valence-electron chi connectivity index (χ4n) is 4.60. The quantitative estimate of drug-likeness (QED) is 0.481. The van der Waals surface area contributed by atoms with Crippen molar-refractivity contribution in [3.8, 4) is 0 Å². The van der Waals surface area contributed by atoms with E-state index >= 15 is 0 Å². The molecule has 4 rings (SSSR count). The number of fused-ring (bicyclic) bond motifs is 1. The van der Waals surface area contributed by atoms with Gasteiger partial charge in [-0.3, -0.25) is 4.79 Å². The Labute approximate surface area is 181 Å². The van der Waals surface area contributed by atoms with Crippen LogP contribution in [0.3, 0.4) is 0 Å². The van der Waals surface area contributed by atoms with Crippen LogP contribution in [-0.4, -0.2) is 47.8 Å². The largest absolute Gasteiger partial charge is 0.453 e. The Morgan fingerprint density at radius 2 is 1.87 bits per heavy atom. The van der Waals surface area contributed by atoms with Gasteiger partial charge in [0.05, 0.1) is 11.5 Å². The maximum atomic E-state index is 12.8. The van der Waals surface area contributed by atoms with Gasteiger partial charge in [0, 0.05) is 33.9 Å². The lowest BCUT2D eigenvalue weighted by atomic mass is 10.1. The number of hydrogen-bond acceptors (Lipinski definition) is 5. The van der Waals surface area contributed by atoms with Gasteiger partial charge in [0.2, 0.25) is 5.78 Å². The van der Waals surface area contributed by atoms with Crippen molar-refractivity contribution in [2.24, 2.45) is 0 Å². The number of hydrogen-bond donors (Lipinski definition) is 1. The molecule has 0 aliphatic carbocycles. The van der Waals surface area contributed by atoms with Crippen LogP contribution >= 0.6 is 0 Å². The summed E-state index contributed by atoms with van der Waals surface area (Å²) in [5, 5.41) is 0.943. The number of aromatic amines is 1. The van der Waals surface area contributed by atoms with Gasteiger partial charge in [-0.25, -0.2) is 13.2 Å². The minimum atomic E-state index is -3.04. The van der Waals surface area contributed by atoms with Crippen molar-refractivity contribution in [3.63, 3.8) is 0 Å². The lowest BCUT2D eigenvalue weighted by Crippen LogP contribution is -2.17. The van der Waals surface area contributed by atoms with Crippen molar-refractivity contribution < 1.29 is 22.7 Å². The Balaban J connectivity index is 1.49. The van der Waals surface area contributed by atoms with Crippen LogP contribution in [0.15, 0.2) is 24.3 Å². The van der Waals surface area contributed by atoms with Crippen LogP contribution in [0.2, 0.25) is 0 Å². The molecule has 1 aliphatic heterocycles. The number of sulfone groups is 1. The molecule has 1 aromatic carbocycles. The van der Waals surface area contributed by atoms with E-state index in [-0.39, 0.29) is 29.9 Å².